The zero-order valence-electron chi connectivity index (χ0n) is 8.34. The molecule has 0 saturated carbocycles. The molecular weight excluding hydrogens is 219 g/mol. The van der Waals surface area contributed by atoms with Gasteiger partial charge in [0.15, 0.2) is 11.6 Å². The van der Waals surface area contributed by atoms with Crippen LogP contribution in [0.15, 0.2) is 18.2 Å². The minimum absolute atomic E-state index is 0.154. The summed E-state index contributed by atoms with van der Waals surface area (Å²) in [6, 6.07) is 2.81. The van der Waals surface area contributed by atoms with E-state index in [4.69, 9.17) is 5.73 Å². The molecule has 84 valence electrons. The van der Waals surface area contributed by atoms with Crippen molar-refractivity contribution in [2.45, 2.75) is 6.92 Å². The van der Waals surface area contributed by atoms with Crippen molar-refractivity contribution in [1.82, 2.24) is 9.78 Å². The summed E-state index contributed by atoms with van der Waals surface area (Å²) in [6.45, 7) is 1.60. The average Bonchev–Trinajstić information content (AvgIpc) is 2.51. The lowest BCUT2D eigenvalue weighted by Crippen LogP contribution is -2.05. The average molecular weight is 227 g/mol. The van der Waals surface area contributed by atoms with Crippen LogP contribution >= 0.6 is 0 Å². The third kappa shape index (κ3) is 1.62. The lowest BCUT2D eigenvalue weighted by atomic mass is 10.2. The first-order chi connectivity index (χ1) is 7.49. The first-order valence-corrected chi connectivity index (χ1v) is 4.46. The van der Waals surface area contributed by atoms with E-state index in [1.54, 1.807) is 6.92 Å². The van der Waals surface area contributed by atoms with Crippen LogP contribution in [0, 0.1) is 24.4 Å². The molecule has 0 bridgehead atoms. The molecule has 1 heterocycles. The topological polar surface area (TPSA) is 43.8 Å². The summed E-state index contributed by atoms with van der Waals surface area (Å²) in [5.41, 5.74) is 5.59. The van der Waals surface area contributed by atoms with E-state index >= 15 is 0 Å². The molecule has 6 heteroatoms. The highest BCUT2D eigenvalue weighted by Crippen LogP contribution is 2.20. The summed E-state index contributed by atoms with van der Waals surface area (Å²) < 4.78 is 40.4. The molecule has 2 aromatic rings. The Bertz CT molecular complexity index is 548. The standard InChI is InChI=1S/C10H8F3N3/c1-5-2-9(14)15-16(5)8-4-6(11)3-7(12)10(8)13/h2-4H,1H3,(H2,14,15). The van der Waals surface area contributed by atoms with Crippen molar-refractivity contribution >= 4 is 5.82 Å². The highest BCUT2D eigenvalue weighted by Gasteiger charge is 2.15. The Morgan fingerprint density at radius 3 is 2.44 bits per heavy atom. The minimum atomic E-state index is -1.26. The van der Waals surface area contributed by atoms with Crippen LogP contribution in [0.2, 0.25) is 0 Å². The number of hydrogen-bond donors (Lipinski definition) is 1. The smallest absolute Gasteiger partial charge is 0.184 e. The molecule has 2 N–H and O–H groups in total. The van der Waals surface area contributed by atoms with Gasteiger partial charge in [0.1, 0.15) is 17.3 Å². The summed E-state index contributed by atoms with van der Waals surface area (Å²) in [5.74, 6) is -3.14. The van der Waals surface area contributed by atoms with Crippen LogP contribution in [0.3, 0.4) is 0 Å². The second-order valence-electron chi connectivity index (χ2n) is 3.34. The second-order valence-corrected chi connectivity index (χ2v) is 3.34. The Balaban J connectivity index is 2.68. The molecule has 3 nitrogen and oxygen atoms in total. The molecule has 0 unspecified atom stereocenters. The Kier molecular flexibility index (Phi) is 2.34. The van der Waals surface area contributed by atoms with Crippen molar-refractivity contribution in [1.29, 1.82) is 0 Å². The van der Waals surface area contributed by atoms with Crippen molar-refractivity contribution in [3.05, 3.63) is 41.3 Å². The maximum absolute atomic E-state index is 13.4. The predicted octanol–water partition coefficient (Wildman–Crippen LogP) is 2.18. The number of benzene rings is 1. The van der Waals surface area contributed by atoms with E-state index in [0.29, 0.717) is 11.8 Å². The zero-order valence-corrected chi connectivity index (χ0v) is 8.34. The predicted molar refractivity (Wildman–Crippen MR) is 52.6 cm³/mol. The van der Waals surface area contributed by atoms with Crippen LogP contribution in [0.25, 0.3) is 5.69 Å². The van der Waals surface area contributed by atoms with Crippen LogP contribution < -0.4 is 5.73 Å². The highest BCUT2D eigenvalue weighted by molar-refractivity contribution is 5.40. The Hall–Kier alpha value is -1.98. The summed E-state index contributed by atoms with van der Waals surface area (Å²) in [7, 11) is 0. The molecule has 1 aromatic heterocycles. The van der Waals surface area contributed by atoms with Gasteiger partial charge in [0.2, 0.25) is 0 Å². The van der Waals surface area contributed by atoms with E-state index in [0.717, 1.165) is 10.7 Å². The highest BCUT2D eigenvalue weighted by atomic mass is 19.2. The van der Waals surface area contributed by atoms with Crippen LogP contribution in [-0.4, -0.2) is 9.78 Å². The van der Waals surface area contributed by atoms with Gasteiger partial charge >= 0.3 is 0 Å². The van der Waals surface area contributed by atoms with E-state index in [2.05, 4.69) is 5.10 Å². The first kappa shape index (κ1) is 10.5. The van der Waals surface area contributed by atoms with E-state index in [9.17, 15) is 13.2 Å². The number of aryl methyl sites for hydroxylation is 1. The van der Waals surface area contributed by atoms with Gasteiger partial charge in [-0.1, -0.05) is 0 Å². The summed E-state index contributed by atoms with van der Waals surface area (Å²) in [5, 5.41) is 3.74. The van der Waals surface area contributed by atoms with Crippen LogP contribution in [0.1, 0.15) is 5.69 Å². The lowest BCUT2D eigenvalue weighted by molar-refractivity contribution is 0.487. The number of anilines is 1. The number of halogens is 3. The lowest BCUT2D eigenvalue weighted by Gasteiger charge is -2.06. The third-order valence-electron chi connectivity index (χ3n) is 2.11. The maximum Gasteiger partial charge on any atom is 0.184 e. The number of nitrogens with zero attached hydrogens (tertiary/aromatic N) is 2. The number of nitrogen functional groups attached to an aromatic ring is 1. The maximum atomic E-state index is 13.4. The molecule has 0 saturated heterocycles. The van der Waals surface area contributed by atoms with Crippen LogP contribution in [0.4, 0.5) is 19.0 Å². The fourth-order valence-electron chi connectivity index (χ4n) is 1.44. The molecular formula is C10H8F3N3. The first-order valence-electron chi connectivity index (χ1n) is 4.46. The molecule has 0 amide bonds. The van der Waals surface area contributed by atoms with Crippen molar-refractivity contribution < 1.29 is 13.2 Å². The number of nitrogens with two attached hydrogens (primary N) is 1. The van der Waals surface area contributed by atoms with Crippen molar-refractivity contribution in [2.75, 3.05) is 5.73 Å². The van der Waals surface area contributed by atoms with Gasteiger partial charge < -0.3 is 5.73 Å². The zero-order chi connectivity index (χ0) is 11.9. The molecule has 0 aliphatic heterocycles. The van der Waals surface area contributed by atoms with E-state index < -0.39 is 17.5 Å². The second kappa shape index (κ2) is 3.55. The number of hydrogen-bond acceptors (Lipinski definition) is 2. The monoisotopic (exact) mass is 227 g/mol. The molecule has 1 aromatic carbocycles. The van der Waals surface area contributed by atoms with E-state index in [-0.39, 0.29) is 11.5 Å². The molecule has 16 heavy (non-hydrogen) atoms. The van der Waals surface area contributed by atoms with Gasteiger partial charge in [0.05, 0.1) is 0 Å². The number of aromatic nitrogens is 2. The van der Waals surface area contributed by atoms with Crippen LogP contribution in [-0.2, 0) is 0 Å². The van der Waals surface area contributed by atoms with Gasteiger partial charge in [-0.2, -0.15) is 5.10 Å². The van der Waals surface area contributed by atoms with E-state index in [1.807, 2.05) is 0 Å². The van der Waals surface area contributed by atoms with Crippen molar-refractivity contribution in [3.63, 3.8) is 0 Å². The molecule has 2 rings (SSSR count). The summed E-state index contributed by atoms with van der Waals surface area (Å²) in [6.07, 6.45) is 0. The Morgan fingerprint density at radius 1 is 1.19 bits per heavy atom. The molecule has 0 radical (unpaired) electrons. The number of rotatable bonds is 1. The van der Waals surface area contributed by atoms with Gasteiger partial charge in [-0.3, -0.25) is 0 Å². The molecule has 0 atom stereocenters. The quantitative estimate of drug-likeness (QED) is 0.759. The largest absolute Gasteiger partial charge is 0.382 e. The van der Waals surface area contributed by atoms with Gasteiger partial charge in [-0.25, -0.2) is 17.9 Å². The molecule has 0 aliphatic carbocycles. The summed E-state index contributed by atoms with van der Waals surface area (Å²) >= 11 is 0. The van der Waals surface area contributed by atoms with Crippen LogP contribution in [0.5, 0.6) is 0 Å². The van der Waals surface area contributed by atoms with Crippen molar-refractivity contribution in [3.8, 4) is 5.69 Å². The fourth-order valence-corrected chi connectivity index (χ4v) is 1.44. The van der Waals surface area contributed by atoms with E-state index in [1.165, 1.54) is 6.07 Å². The third-order valence-corrected chi connectivity index (χ3v) is 2.11. The van der Waals surface area contributed by atoms with Gasteiger partial charge in [0.25, 0.3) is 0 Å². The summed E-state index contributed by atoms with van der Waals surface area (Å²) in [4.78, 5) is 0. The fraction of sp³-hybridized carbons (Fsp3) is 0.100. The Labute approximate surface area is 89.3 Å². The van der Waals surface area contributed by atoms with Gasteiger partial charge in [0, 0.05) is 23.9 Å². The normalized spacial score (nSPS) is 10.8. The van der Waals surface area contributed by atoms with Crippen molar-refractivity contribution in [2.24, 2.45) is 0 Å². The SMILES string of the molecule is Cc1cc(N)nn1-c1cc(F)cc(F)c1F. The molecule has 0 fully saturated rings. The van der Waals surface area contributed by atoms with Gasteiger partial charge in [-0.05, 0) is 6.92 Å². The minimum Gasteiger partial charge on any atom is -0.382 e. The molecule has 0 spiro atoms. The van der Waals surface area contributed by atoms with Gasteiger partial charge in [-0.15, -0.1) is 0 Å². The Morgan fingerprint density at radius 2 is 1.88 bits per heavy atom. The molecule has 0 aliphatic rings.